The first-order valence-electron chi connectivity index (χ1n) is 5.80. The van der Waals surface area contributed by atoms with E-state index in [2.05, 4.69) is 23.5 Å². The molecular weight excluding hydrogens is 230 g/mol. The van der Waals surface area contributed by atoms with Crippen LogP contribution in [0.25, 0.3) is 0 Å². The van der Waals surface area contributed by atoms with Crippen molar-refractivity contribution in [1.29, 1.82) is 0 Å². The van der Waals surface area contributed by atoms with Crippen LogP contribution >= 0.6 is 0 Å². The van der Waals surface area contributed by atoms with E-state index in [9.17, 15) is 9.90 Å². The lowest BCUT2D eigenvalue weighted by Gasteiger charge is -2.11. The van der Waals surface area contributed by atoms with E-state index >= 15 is 0 Å². The van der Waals surface area contributed by atoms with E-state index < -0.39 is 5.97 Å². The second kappa shape index (κ2) is 5.40. The molecule has 0 saturated heterocycles. The van der Waals surface area contributed by atoms with Gasteiger partial charge >= 0.3 is 5.97 Å². The smallest absolute Gasteiger partial charge is 0.339 e. The fourth-order valence-corrected chi connectivity index (χ4v) is 1.83. The third-order valence-electron chi connectivity index (χ3n) is 2.84. The summed E-state index contributed by atoms with van der Waals surface area (Å²) in [7, 11) is 0. The van der Waals surface area contributed by atoms with Crippen LogP contribution in [0.15, 0.2) is 42.0 Å². The highest BCUT2D eigenvalue weighted by Crippen LogP contribution is 2.22. The van der Waals surface area contributed by atoms with Crippen molar-refractivity contribution in [3.05, 3.63) is 47.6 Å². The van der Waals surface area contributed by atoms with Gasteiger partial charge in [0.1, 0.15) is 11.3 Å². The maximum absolute atomic E-state index is 10.7. The van der Waals surface area contributed by atoms with Crippen molar-refractivity contribution < 1.29 is 15.0 Å². The molecule has 0 heterocycles. The van der Waals surface area contributed by atoms with Gasteiger partial charge in [0, 0.05) is 18.3 Å². The van der Waals surface area contributed by atoms with Gasteiger partial charge in [0.2, 0.25) is 0 Å². The number of hydrogen-bond donors (Lipinski definition) is 3. The van der Waals surface area contributed by atoms with Crippen molar-refractivity contribution >= 4 is 11.7 Å². The number of allylic oxidation sites excluding steroid dienone is 3. The second-order valence-corrected chi connectivity index (χ2v) is 4.16. The van der Waals surface area contributed by atoms with E-state index in [1.807, 2.05) is 0 Å². The van der Waals surface area contributed by atoms with E-state index in [0.29, 0.717) is 12.2 Å². The Morgan fingerprint density at radius 1 is 1.33 bits per heavy atom. The van der Waals surface area contributed by atoms with Crippen molar-refractivity contribution in [1.82, 2.24) is 0 Å². The summed E-state index contributed by atoms with van der Waals surface area (Å²) < 4.78 is 0. The number of carboxylic acids is 1. The Kier molecular flexibility index (Phi) is 3.67. The molecule has 3 N–H and O–H groups in total. The van der Waals surface area contributed by atoms with E-state index in [4.69, 9.17) is 5.11 Å². The van der Waals surface area contributed by atoms with Gasteiger partial charge in [-0.1, -0.05) is 23.8 Å². The van der Waals surface area contributed by atoms with Crippen molar-refractivity contribution in [2.75, 3.05) is 11.9 Å². The fraction of sp³-hybridized carbons (Fsp3) is 0.214. The van der Waals surface area contributed by atoms with E-state index in [0.717, 1.165) is 12.8 Å². The molecule has 2 rings (SSSR count). The highest BCUT2D eigenvalue weighted by atomic mass is 16.4. The van der Waals surface area contributed by atoms with Crippen LogP contribution in [0.5, 0.6) is 5.75 Å². The van der Waals surface area contributed by atoms with Gasteiger partial charge in [-0.25, -0.2) is 4.79 Å². The molecule has 1 aliphatic carbocycles. The lowest BCUT2D eigenvalue weighted by molar-refractivity contribution is 0.0694. The van der Waals surface area contributed by atoms with Crippen molar-refractivity contribution in [2.45, 2.75) is 12.8 Å². The molecule has 0 spiro atoms. The summed E-state index contributed by atoms with van der Waals surface area (Å²) in [6.07, 6.45) is 8.31. The minimum Gasteiger partial charge on any atom is -0.507 e. The Bertz CT molecular complexity index is 518. The summed E-state index contributed by atoms with van der Waals surface area (Å²) in [6, 6.07) is 4.49. The van der Waals surface area contributed by atoms with E-state index in [1.54, 1.807) is 6.07 Å². The first kappa shape index (κ1) is 12.2. The number of nitrogens with one attached hydrogen (secondary N) is 1. The third-order valence-corrected chi connectivity index (χ3v) is 2.84. The molecule has 1 aromatic carbocycles. The predicted molar refractivity (Wildman–Crippen MR) is 70.0 cm³/mol. The number of anilines is 1. The van der Waals surface area contributed by atoms with Gasteiger partial charge in [-0.05, 0) is 25.0 Å². The molecule has 94 valence electrons. The number of aromatic carboxylic acids is 1. The second-order valence-electron chi connectivity index (χ2n) is 4.16. The summed E-state index contributed by atoms with van der Waals surface area (Å²) in [5.74, 6) is -1.34. The summed E-state index contributed by atoms with van der Waals surface area (Å²) in [5, 5.41) is 21.5. The number of carbonyl (C=O) groups is 1. The number of phenols is 1. The zero-order valence-corrected chi connectivity index (χ0v) is 9.89. The molecular formula is C14H15NO3. The molecule has 18 heavy (non-hydrogen) atoms. The average Bonchev–Trinajstić information content (AvgIpc) is 2.37. The molecule has 0 fully saturated rings. The van der Waals surface area contributed by atoms with Crippen LogP contribution in [0.4, 0.5) is 5.69 Å². The molecule has 0 aliphatic heterocycles. The lowest BCUT2D eigenvalue weighted by atomic mass is 10.1. The quantitative estimate of drug-likeness (QED) is 0.713. The molecule has 4 heteroatoms. The molecule has 0 amide bonds. The molecule has 0 atom stereocenters. The van der Waals surface area contributed by atoms with Crippen molar-refractivity contribution in [3.63, 3.8) is 0 Å². The van der Waals surface area contributed by atoms with Crippen LogP contribution < -0.4 is 5.32 Å². The van der Waals surface area contributed by atoms with Crippen LogP contribution in [0.3, 0.4) is 0 Å². The van der Waals surface area contributed by atoms with Crippen LogP contribution in [-0.4, -0.2) is 22.7 Å². The highest BCUT2D eigenvalue weighted by molar-refractivity contribution is 5.91. The maximum atomic E-state index is 10.7. The van der Waals surface area contributed by atoms with Crippen molar-refractivity contribution in [2.24, 2.45) is 0 Å². The molecule has 0 aromatic heterocycles. The van der Waals surface area contributed by atoms with Gasteiger partial charge in [0.25, 0.3) is 0 Å². The fourth-order valence-electron chi connectivity index (χ4n) is 1.83. The molecule has 0 bridgehead atoms. The zero-order chi connectivity index (χ0) is 13.0. The Balaban J connectivity index is 2.00. The monoisotopic (exact) mass is 245 g/mol. The Labute approximate surface area is 105 Å². The first-order chi connectivity index (χ1) is 8.66. The van der Waals surface area contributed by atoms with Gasteiger partial charge in [-0.15, -0.1) is 0 Å². The van der Waals surface area contributed by atoms with Crippen LogP contribution in [-0.2, 0) is 0 Å². The largest absolute Gasteiger partial charge is 0.507 e. The Hall–Kier alpha value is -2.23. The van der Waals surface area contributed by atoms with Crippen LogP contribution in [0.2, 0.25) is 0 Å². The summed E-state index contributed by atoms with van der Waals surface area (Å²) >= 11 is 0. The van der Waals surface area contributed by atoms with Gasteiger partial charge in [-0.2, -0.15) is 0 Å². The van der Waals surface area contributed by atoms with Gasteiger partial charge in [-0.3, -0.25) is 0 Å². The van der Waals surface area contributed by atoms with E-state index in [1.165, 1.54) is 17.7 Å². The number of benzene rings is 1. The van der Waals surface area contributed by atoms with Gasteiger partial charge < -0.3 is 15.5 Å². The lowest BCUT2D eigenvalue weighted by Crippen LogP contribution is -2.06. The minimum absolute atomic E-state index is 0.0830. The third kappa shape index (κ3) is 2.91. The first-order valence-corrected chi connectivity index (χ1v) is 5.80. The zero-order valence-electron chi connectivity index (χ0n) is 9.89. The molecule has 4 nitrogen and oxygen atoms in total. The number of carboxylic acid groups (broad SMARTS) is 1. The predicted octanol–water partition coefficient (Wildman–Crippen LogP) is 2.78. The molecule has 0 saturated carbocycles. The van der Waals surface area contributed by atoms with Crippen molar-refractivity contribution in [3.8, 4) is 5.75 Å². The molecule has 1 aliphatic rings. The van der Waals surface area contributed by atoms with Crippen LogP contribution in [0.1, 0.15) is 23.2 Å². The maximum Gasteiger partial charge on any atom is 0.339 e. The highest BCUT2D eigenvalue weighted by Gasteiger charge is 2.09. The van der Waals surface area contributed by atoms with Gasteiger partial charge in [0.15, 0.2) is 0 Å². The minimum atomic E-state index is -1.13. The average molecular weight is 245 g/mol. The topological polar surface area (TPSA) is 69.6 Å². The van der Waals surface area contributed by atoms with Gasteiger partial charge in [0.05, 0.1) is 0 Å². The normalized spacial score (nSPS) is 14.1. The SMILES string of the molecule is O=C(O)c1ccc(NCC2=CCC=CC2)cc1O. The number of hydrogen-bond acceptors (Lipinski definition) is 3. The summed E-state index contributed by atoms with van der Waals surface area (Å²) in [4.78, 5) is 10.7. The number of aromatic hydroxyl groups is 1. The van der Waals surface area contributed by atoms with Crippen LogP contribution in [0, 0.1) is 0 Å². The molecule has 1 aromatic rings. The number of rotatable bonds is 4. The summed E-state index contributed by atoms with van der Waals surface area (Å²) in [5.41, 5.74) is 1.92. The Morgan fingerprint density at radius 2 is 2.17 bits per heavy atom. The Morgan fingerprint density at radius 3 is 2.78 bits per heavy atom. The van der Waals surface area contributed by atoms with E-state index in [-0.39, 0.29) is 11.3 Å². The standard InChI is InChI=1S/C14H15NO3/c16-13-8-11(6-7-12(13)14(17)18)15-9-10-4-2-1-3-5-10/h1-2,5-8,15-16H,3-4,9H2,(H,17,18). The summed E-state index contributed by atoms with van der Waals surface area (Å²) in [6.45, 7) is 0.705. The molecule has 0 unspecified atom stereocenters. The molecule has 0 radical (unpaired) electrons.